The molecule has 1 unspecified atom stereocenters. The van der Waals surface area contributed by atoms with E-state index in [1.807, 2.05) is 0 Å². The van der Waals surface area contributed by atoms with Gasteiger partial charge in [-0.1, -0.05) is 18.6 Å². The van der Waals surface area contributed by atoms with Gasteiger partial charge in [0.05, 0.1) is 0 Å². The first-order chi connectivity index (χ1) is 8.04. The number of benzene rings is 1. The van der Waals surface area contributed by atoms with E-state index in [1.54, 1.807) is 0 Å². The van der Waals surface area contributed by atoms with E-state index in [-0.39, 0.29) is 12.5 Å². The minimum atomic E-state index is 0.194. The first-order valence-electron chi connectivity index (χ1n) is 6.26. The highest BCUT2D eigenvalue weighted by atomic mass is 16.3. The molecule has 2 aromatic rings. The number of aliphatic hydroxyl groups excluding tert-OH is 1. The summed E-state index contributed by atoms with van der Waals surface area (Å²) < 4.78 is 2.29. The zero-order valence-corrected chi connectivity index (χ0v) is 11.1. The van der Waals surface area contributed by atoms with E-state index in [9.17, 15) is 5.11 Å². The molecule has 1 heterocycles. The molecule has 2 heteroatoms. The minimum Gasteiger partial charge on any atom is -0.396 e. The third-order valence-electron chi connectivity index (χ3n) is 3.38. The molecule has 2 rings (SSSR count). The molecule has 92 valence electrons. The van der Waals surface area contributed by atoms with Crippen LogP contribution < -0.4 is 0 Å². The lowest BCUT2D eigenvalue weighted by atomic mass is 10.0. The number of hydrogen-bond donors (Lipinski definition) is 1. The average molecular weight is 231 g/mol. The maximum atomic E-state index is 9.36. The molecule has 0 spiro atoms. The van der Waals surface area contributed by atoms with Crippen molar-refractivity contribution in [3.63, 3.8) is 0 Å². The van der Waals surface area contributed by atoms with E-state index in [1.165, 1.54) is 22.0 Å². The van der Waals surface area contributed by atoms with Gasteiger partial charge in [-0.25, -0.2) is 0 Å². The van der Waals surface area contributed by atoms with Crippen LogP contribution in [0.3, 0.4) is 0 Å². The molecule has 0 aliphatic heterocycles. The molecular weight excluding hydrogens is 210 g/mol. The lowest BCUT2D eigenvalue weighted by molar-refractivity contribution is 0.273. The van der Waals surface area contributed by atoms with Crippen LogP contribution in [-0.2, 0) is 0 Å². The summed E-state index contributed by atoms with van der Waals surface area (Å²) in [5, 5.41) is 10.6. The van der Waals surface area contributed by atoms with Gasteiger partial charge in [-0.15, -0.1) is 0 Å². The summed E-state index contributed by atoms with van der Waals surface area (Å²) in [5.74, 6) is 0.194. The first kappa shape index (κ1) is 12.2. The van der Waals surface area contributed by atoms with Crippen LogP contribution >= 0.6 is 0 Å². The van der Waals surface area contributed by atoms with E-state index in [4.69, 9.17) is 0 Å². The van der Waals surface area contributed by atoms with Crippen molar-refractivity contribution in [2.45, 2.75) is 39.7 Å². The van der Waals surface area contributed by atoms with Gasteiger partial charge in [-0.2, -0.15) is 0 Å². The van der Waals surface area contributed by atoms with Gasteiger partial charge in [0, 0.05) is 35.7 Å². The molecule has 0 saturated heterocycles. The largest absolute Gasteiger partial charge is 0.396 e. The number of aromatic nitrogens is 1. The van der Waals surface area contributed by atoms with Crippen molar-refractivity contribution in [3.8, 4) is 0 Å². The van der Waals surface area contributed by atoms with Crippen LogP contribution in [0.4, 0.5) is 0 Å². The Hall–Kier alpha value is -1.28. The Bertz CT molecular complexity index is 525. The van der Waals surface area contributed by atoms with E-state index in [0.717, 1.165) is 0 Å². The van der Waals surface area contributed by atoms with Gasteiger partial charge in [-0.3, -0.25) is 0 Å². The van der Waals surface area contributed by atoms with Gasteiger partial charge in [-0.05, 0) is 38.5 Å². The van der Waals surface area contributed by atoms with Crippen molar-refractivity contribution < 1.29 is 5.11 Å². The van der Waals surface area contributed by atoms with Crippen LogP contribution in [0.15, 0.2) is 24.4 Å². The fourth-order valence-electron chi connectivity index (χ4n) is 2.31. The lowest BCUT2D eigenvalue weighted by Gasteiger charge is -2.09. The molecule has 0 aliphatic rings. The molecule has 0 saturated carbocycles. The van der Waals surface area contributed by atoms with Crippen LogP contribution in [0.5, 0.6) is 0 Å². The van der Waals surface area contributed by atoms with Crippen molar-refractivity contribution in [1.29, 1.82) is 0 Å². The first-order valence-corrected chi connectivity index (χ1v) is 6.26. The van der Waals surface area contributed by atoms with Crippen LogP contribution in [0.25, 0.3) is 10.9 Å². The van der Waals surface area contributed by atoms with Gasteiger partial charge < -0.3 is 9.67 Å². The second-order valence-electron chi connectivity index (χ2n) is 5.19. The van der Waals surface area contributed by atoms with Crippen LogP contribution in [0.2, 0.25) is 0 Å². The second-order valence-corrected chi connectivity index (χ2v) is 5.19. The Morgan fingerprint density at radius 1 is 1.24 bits per heavy atom. The quantitative estimate of drug-likeness (QED) is 0.857. The van der Waals surface area contributed by atoms with Crippen molar-refractivity contribution in [2.75, 3.05) is 6.61 Å². The van der Waals surface area contributed by atoms with Gasteiger partial charge in [0.2, 0.25) is 0 Å². The molecule has 17 heavy (non-hydrogen) atoms. The van der Waals surface area contributed by atoms with Gasteiger partial charge >= 0.3 is 0 Å². The molecule has 0 aliphatic carbocycles. The fraction of sp³-hybridized carbons (Fsp3) is 0.467. The standard InChI is InChI=1S/C15H21NO/c1-10(2)16-8-14(12(4)9-17)13-7-11(3)5-6-15(13)16/h5-8,10,12,17H,9H2,1-4H3. The molecular formula is C15H21NO. The average Bonchev–Trinajstić information content (AvgIpc) is 2.66. The highest BCUT2D eigenvalue weighted by molar-refractivity contribution is 5.85. The molecule has 2 nitrogen and oxygen atoms in total. The fourth-order valence-corrected chi connectivity index (χ4v) is 2.31. The highest BCUT2D eigenvalue weighted by Gasteiger charge is 2.14. The Kier molecular flexibility index (Phi) is 3.25. The van der Waals surface area contributed by atoms with Gasteiger partial charge in [0.1, 0.15) is 0 Å². The van der Waals surface area contributed by atoms with Crippen LogP contribution in [0.1, 0.15) is 43.9 Å². The van der Waals surface area contributed by atoms with Crippen molar-refractivity contribution in [3.05, 3.63) is 35.5 Å². The summed E-state index contributed by atoms with van der Waals surface area (Å²) in [5.41, 5.74) is 3.78. The SMILES string of the molecule is Cc1ccc2c(c1)c(C(C)CO)cn2C(C)C. The molecule has 1 atom stereocenters. The topological polar surface area (TPSA) is 25.2 Å². The molecule has 0 radical (unpaired) electrons. The number of nitrogens with zero attached hydrogens (tertiary/aromatic N) is 1. The monoisotopic (exact) mass is 231 g/mol. The van der Waals surface area contributed by atoms with E-state index in [0.29, 0.717) is 6.04 Å². The van der Waals surface area contributed by atoms with Crippen molar-refractivity contribution in [1.82, 2.24) is 4.57 Å². The molecule has 0 fully saturated rings. The Labute approximate surface area is 103 Å². The number of fused-ring (bicyclic) bond motifs is 1. The van der Waals surface area contributed by atoms with Crippen molar-refractivity contribution >= 4 is 10.9 Å². The minimum absolute atomic E-state index is 0.194. The maximum Gasteiger partial charge on any atom is 0.0497 e. The summed E-state index contributed by atoms with van der Waals surface area (Å²) in [6.07, 6.45) is 2.19. The predicted molar refractivity (Wildman–Crippen MR) is 72.6 cm³/mol. The molecule has 0 bridgehead atoms. The molecule has 1 N–H and O–H groups in total. The molecule has 0 amide bonds. The van der Waals surface area contributed by atoms with Crippen molar-refractivity contribution in [2.24, 2.45) is 0 Å². The van der Waals surface area contributed by atoms with E-state index < -0.39 is 0 Å². The summed E-state index contributed by atoms with van der Waals surface area (Å²) in [7, 11) is 0. The third-order valence-corrected chi connectivity index (χ3v) is 3.38. The van der Waals surface area contributed by atoms with Crippen LogP contribution in [-0.4, -0.2) is 16.3 Å². The number of aliphatic hydroxyl groups is 1. The summed E-state index contributed by atoms with van der Waals surface area (Å²) in [6.45, 7) is 8.76. The third kappa shape index (κ3) is 2.09. The summed E-state index contributed by atoms with van der Waals surface area (Å²) >= 11 is 0. The van der Waals surface area contributed by atoms with Gasteiger partial charge in [0.25, 0.3) is 0 Å². The van der Waals surface area contributed by atoms with Gasteiger partial charge in [0.15, 0.2) is 0 Å². The smallest absolute Gasteiger partial charge is 0.0497 e. The normalized spacial score (nSPS) is 13.5. The number of aryl methyl sites for hydroxylation is 1. The lowest BCUT2D eigenvalue weighted by Crippen LogP contribution is -1.99. The number of hydrogen-bond acceptors (Lipinski definition) is 1. The van der Waals surface area contributed by atoms with Crippen LogP contribution in [0, 0.1) is 6.92 Å². The zero-order chi connectivity index (χ0) is 12.6. The molecule has 1 aromatic carbocycles. The summed E-state index contributed by atoms with van der Waals surface area (Å²) in [6, 6.07) is 6.99. The Morgan fingerprint density at radius 3 is 2.53 bits per heavy atom. The van der Waals surface area contributed by atoms with E-state index >= 15 is 0 Å². The highest BCUT2D eigenvalue weighted by Crippen LogP contribution is 2.30. The Balaban J connectivity index is 2.71. The number of rotatable bonds is 3. The summed E-state index contributed by atoms with van der Waals surface area (Å²) in [4.78, 5) is 0. The predicted octanol–water partition coefficient (Wildman–Crippen LogP) is 3.63. The second kappa shape index (κ2) is 4.53. The van der Waals surface area contributed by atoms with E-state index in [2.05, 4.69) is 56.7 Å². The molecule has 1 aromatic heterocycles. The Morgan fingerprint density at radius 2 is 1.94 bits per heavy atom. The zero-order valence-electron chi connectivity index (χ0n) is 11.1. The maximum absolute atomic E-state index is 9.36.